The van der Waals surface area contributed by atoms with Crippen LogP contribution in [-0.2, 0) is 18.6 Å². The van der Waals surface area contributed by atoms with Crippen molar-refractivity contribution in [2.75, 3.05) is 20.9 Å². The minimum absolute atomic E-state index is 0. The maximum atomic E-state index is 10.7. The quantitative estimate of drug-likeness (QED) is 0.385. The van der Waals surface area contributed by atoms with Gasteiger partial charge in [-0.05, 0) is 4.57 Å². The number of rotatable bonds is 5. The Balaban J connectivity index is 0. The molecule has 6 heteroatoms. The average Bonchev–Trinajstić information content (AvgIpc) is 2.00. The van der Waals surface area contributed by atoms with Crippen LogP contribution >= 0.6 is 8.03 Å². The van der Waals surface area contributed by atoms with Crippen LogP contribution in [-0.4, -0.2) is 56.4 Å². The summed E-state index contributed by atoms with van der Waals surface area (Å²) in [6.45, 7) is 3.28. The molecule has 0 spiro atoms. The van der Waals surface area contributed by atoms with Gasteiger partial charge in [0, 0.05) is 50.2 Å². The molecule has 0 aromatic heterocycles. The molecule has 4 nitrogen and oxygen atoms in total. The van der Waals surface area contributed by atoms with Crippen molar-refractivity contribution in [2.45, 2.75) is 19.3 Å². The smallest absolute Gasteiger partial charge is 0.328 e. The second-order valence-electron chi connectivity index (χ2n) is 1.98. The Labute approximate surface area is 96.1 Å². The van der Waals surface area contributed by atoms with E-state index in [1.54, 1.807) is 0 Å². The summed E-state index contributed by atoms with van der Waals surface area (Å²) in [4.78, 5) is 0. The Kier molecular flexibility index (Phi) is 9.52. The largest absolute Gasteiger partial charge is 0.510 e. The van der Waals surface area contributed by atoms with Crippen LogP contribution in [0.25, 0.3) is 0 Å². The van der Waals surface area contributed by atoms with Gasteiger partial charge in [-0.3, -0.25) is 0 Å². The van der Waals surface area contributed by atoms with E-state index >= 15 is 0 Å². The first kappa shape index (κ1) is 15.5. The van der Waals surface area contributed by atoms with E-state index in [1.807, 2.05) is 6.92 Å². The first-order valence-corrected chi connectivity index (χ1v) is 4.93. The fourth-order valence-corrected chi connectivity index (χ4v) is 1.38. The molecule has 0 fully saturated rings. The topological polar surface area (TPSA) is 44.8 Å². The summed E-state index contributed by atoms with van der Waals surface area (Å²) in [5, 5.41) is 0. The van der Waals surface area contributed by atoms with Crippen molar-refractivity contribution in [1.29, 1.82) is 0 Å². The molecule has 0 aliphatic carbocycles. The van der Waals surface area contributed by atoms with Crippen molar-refractivity contribution in [3.8, 4) is 0 Å². The molecule has 0 bridgehead atoms. The number of methoxy groups -OCH3 is 2. The molecule has 1 radical (unpaired) electrons. The van der Waals surface area contributed by atoms with E-state index in [-0.39, 0.29) is 29.6 Å². The maximum Gasteiger partial charge on any atom is 0.510 e. The van der Waals surface area contributed by atoms with Crippen LogP contribution in [0.5, 0.6) is 0 Å². The normalized spacial score (nSPS) is 12.2. The van der Waals surface area contributed by atoms with Crippen LogP contribution in [0.1, 0.15) is 13.3 Å². The van der Waals surface area contributed by atoms with E-state index in [2.05, 4.69) is 0 Å². The van der Waals surface area contributed by atoms with Gasteiger partial charge in [-0.15, -0.1) is 0 Å². The van der Waals surface area contributed by atoms with E-state index in [1.165, 1.54) is 20.9 Å². The fraction of sp³-hybridized carbons (Fsp3) is 1.00. The van der Waals surface area contributed by atoms with Gasteiger partial charge in [0.15, 0.2) is 6.66 Å². The first-order valence-electron chi connectivity index (χ1n) is 3.30. The predicted molar refractivity (Wildman–Crippen MR) is 47.4 cm³/mol. The van der Waals surface area contributed by atoms with Gasteiger partial charge in [0.05, 0.1) is 0 Å². The van der Waals surface area contributed by atoms with Crippen molar-refractivity contribution < 1.29 is 18.6 Å². The van der Waals surface area contributed by atoms with Gasteiger partial charge in [0.2, 0.25) is 0 Å². The zero-order chi connectivity index (χ0) is 8.91. The molecular weight excluding hydrogens is 190 g/mol. The number of ether oxygens (including phenoxy) is 2. The van der Waals surface area contributed by atoms with Crippen LogP contribution in [0.3, 0.4) is 0 Å². The summed E-state index contributed by atoms with van der Waals surface area (Å²) < 4.78 is 25.5. The van der Waals surface area contributed by atoms with E-state index in [9.17, 15) is 4.57 Å². The third-order valence-corrected chi connectivity index (χ3v) is 1.86. The van der Waals surface area contributed by atoms with Crippen molar-refractivity contribution >= 4 is 37.6 Å². The third kappa shape index (κ3) is 4.87. The molecule has 67 valence electrons. The minimum Gasteiger partial charge on any atom is -0.328 e. The molecule has 0 saturated carbocycles. The van der Waals surface area contributed by atoms with Gasteiger partial charge in [-0.2, -0.15) is 0 Å². The monoisotopic (exact) mass is 204 g/mol. The molecule has 0 rings (SSSR count). The molecule has 0 saturated heterocycles. The van der Waals surface area contributed by atoms with Gasteiger partial charge in [-0.1, -0.05) is 11.4 Å². The zero-order valence-electron chi connectivity index (χ0n) is 8.29. The standard InChI is InChI=1S/C6H14O4P.Na/c1-5-6(8-2,9-3)10-11(4)7;/h5H2,1-4H3;/q+1;. The summed E-state index contributed by atoms with van der Waals surface area (Å²) in [6, 6.07) is 0. The fourth-order valence-electron chi connectivity index (χ4n) is 0.707. The van der Waals surface area contributed by atoms with Crippen molar-refractivity contribution in [2.24, 2.45) is 0 Å². The second kappa shape index (κ2) is 7.39. The molecule has 0 aromatic rings. The molecule has 0 amide bonds. The van der Waals surface area contributed by atoms with Crippen molar-refractivity contribution in [3.63, 3.8) is 0 Å². The first-order chi connectivity index (χ1) is 5.10. The number of hydrogen-bond donors (Lipinski definition) is 0. The van der Waals surface area contributed by atoms with Crippen LogP contribution < -0.4 is 0 Å². The summed E-state index contributed by atoms with van der Waals surface area (Å²) in [6.07, 6.45) is 0.495. The zero-order valence-corrected chi connectivity index (χ0v) is 11.2. The molecule has 1 unspecified atom stereocenters. The molecule has 0 aromatic carbocycles. The second-order valence-corrected chi connectivity index (χ2v) is 3.04. The van der Waals surface area contributed by atoms with E-state index in [4.69, 9.17) is 14.0 Å². The molecule has 0 aliphatic heterocycles. The Morgan fingerprint density at radius 3 is 1.83 bits per heavy atom. The van der Waals surface area contributed by atoms with Crippen LogP contribution in [0, 0.1) is 0 Å². The van der Waals surface area contributed by atoms with E-state index < -0.39 is 14.0 Å². The van der Waals surface area contributed by atoms with Crippen molar-refractivity contribution in [3.05, 3.63) is 0 Å². The molecule has 0 aliphatic rings. The van der Waals surface area contributed by atoms with Crippen LogP contribution in [0.2, 0.25) is 0 Å². The molecule has 0 N–H and O–H groups in total. The van der Waals surface area contributed by atoms with Gasteiger partial charge in [0.1, 0.15) is 0 Å². The van der Waals surface area contributed by atoms with Crippen LogP contribution in [0.15, 0.2) is 0 Å². The molecular formula is C6H14NaO4P+. The summed E-state index contributed by atoms with van der Waals surface area (Å²) in [7, 11) is 1.19. The summed E-state index contributed by atoms with van der Waals surface area (Å²) in [5.41, 5.74) is 0. The Morgan fingerprint density at radius 2 is 1.75 bits per heavy atom. The Morgan fingerprint density at radius 1 is 1.33 bits per heavy atom. The summed E-state index contributed by atoms with van der Waals surface area (Å²) in [5.74, 6) is -1.14. The molecule has 0 heterocycles. The summed E-state index contributed by atoms with van der Waals surface area (Å²) >= 11 is 0. The Hall–Kier alpha value is 0.980. The average molecular weight is 204 g/mol. The van der Waals surface area contributed by atoms with E-state index in [0.717, 1.165) is 0 Å². The molecule has 12 heavy (non-hydrogen) atoms. The number of hydrogen-bond acceptors (Lipinski definition) is 4. The van der Waals surface area contributed by atoms with Gasteiger partial charge in [0.25, 0.3) is 0 Å². The van der Waals surface area contributed by atoms with Gasteiger partial charge >= 0.3 is 14.0 Å². The van der Waals surface area contributed by atoms with Crippen molar-refractivity contribution in [1.82, 2.24) is 0 Å². The Bertz CT molecular complexity index is 129. The third-order valence-electron chi connectivity index (χ3n) is 1.32. The van der Waals surface area contributed by atoms with Gasteiger partial charge < -0.3 is 9.47 Å². The maximum absolute atomic E-state index is 10.7. The molecule has 1 atom stereocenters. The van der Waals surface area contributed by atoms with Gasteiger partial charge in [-0.25, -0.2) is 0 Å². The minimum atomic E-state index is -1.71. The SMILES string of the molecule is CCC(OC)(OC)O[P+](C)=O.[Na]. The predicted octanol–water partition coefficient (Wildman–Crippen LogP) is 1.35. The van der Waals surface area contributed by atoms with Crippen LogP contribution in [0.4, 0.5) is 0 Å². The van der Waals surface area contributed by atoms with E-state index in [0.29, 0.717) is 6.42 Å².